The molecule has 3 aromatic rings. The molecule has 0 saturated heterocycles. The Bertz CT molecular complexity index is 985. The van der Waals surface area contributed by atoms with E-state index in [1.165, 1.54) is 6.20 Å². The van der Waals surface area contributed by atoms with Crippen molar-refractivity contribution in [2.75, 3.05) is 0 Å². The lowest BCUT2D eigenvalue weighted by Crippen LogP contribution is -2.19. The number of carboxylic acid groups (broad SMARTS) is 1. The van der Waals surface area contributed by atoms with E-state index in [1.807, 2.05) is 27.1 Å². The molecule has 118 valence electrons. The van der Waals surface area contributed by atoms with Gasteiger partial charge in [-0.15, -0.1) is 0 Å². The molecule has 0 radical (unpaired) electrons. The van der Waals surface area contributed by atoms with Crippen molar-refractivity contribution in [1.82, 2.24) is 19.3 Å². The highest BCUT2D eigenvalue weighted by Crippen LogP contribution is 2.22. The monoisotopic (exact) mass is 312 g/mol. The number of nitrogens with zero attached hydrogens (tertiary/aromatic N) is 4. The fraction of sp³-hybridized carbons (Fsp3) is 0.250. The van der Waals surface area contributed by atoms with E-state index in [1.54, 1.807) is 21.4 Å². The minimum absolute atomic E-state index is 0.244. The quantitative estimate of drug-likeness (QED) is 0.796. The van der Waals surface area contributed by atoms with Gasteiger partial charge >= 0.3 is 5.97 Å². The van der Waals surface area contributed by atoms with Gasteiger partial charge in [0.25, 0.3) is 0 Å². The van der Waals surface area contributed by atoms with Crippen molar-refractivity contribution in [3.63, 3.8) is 0 Å². The van der Waals surface area contributed by atoms with Crippen LogP contribution in [-0.4, -0.2) is 30.4 Å². The molecule has 3 heterocycles. The first-order valence-corrected chi connectivity index (χ1v) is 7.20. The Morgan fingerprint density at radius 3 is 2.61 bits per heavy atom. The molecule has 0 aliphatic rings. The number of aromatic nitrogens is 4. The van der Waals surface area contributed by atoms with Crippen LogP contribution in [-0.2, 0) is 13.6 Å². The highest BCUT2D eigenvalue weighted by Gasteiger charge is 2.16. The summed E-state index contributed by atoms with van der Waals surface area (Å²) in [6.07, 6.45) is 3.21. The highest BCUT2D eigenvalue weighted by molar-refractivity contribution is 5.92. The summed E-state index contributed by atoms with van der Waals surface area (Å²) in [7, 11) is 1.83. The van der Waals surface area contributed by atoms with Gasteiger partial charge in [0.2, 0.25) is 5.43 Å². The molecular weight excluding hydrogens is 296 g/mol. The number of hydrogen-bond donors (Lipinski definition) is 1. The SMILES string of the molecule is CCn1cc(C(=O)O)c(=O)c2ccc(-c3cn(C)nc3C)nc21. The predicted molar refractivity (Wildman–Crippen MR) is 85.6 cm³/mol. The van der Waals surface area contributed by atoms with Gasteiger partial charge in [-0.3, -0.25) is 9.48 Å². The average molecular weight is 312 g/mol. The van der Waals surface area contributed by atoms with E-state index < -0.39 is 11.4 Å². The van der Waals surface area contributed by atoms with Crippen LogP contribution in [0.25, 0.3) is 22.3 Å². The van der Waals surface area contributed by atoms with E-state index >= 15 is 0 Å². The molecule has 0 amide bonds. The molecular formula is C16H16N4O3. The highest BCUT2D eigenvalue weighted by atomic mass is 16.4. The lowest BCUT2D eigenvalue weighted by atomic mass is 10.1. The number of aryl methyl sites for hydroxylation is 3. The Morgan fingerprint density at radius 1 is 1.30 bits per heavy atom. The molecule has 0 aromatic carbocycles. The van der Waals surface area contributed by atoms with Crippen molar-refractivity contribution in [3.8, 4) is 11.3 Å². The molecule has 0 fully saturated rings. The van der Waals surface area contributed by atoms with Gasteiger partial charge in [-0.05, 0) is 26.0 Å². The zero-order valence-corrected chi connectivity index (χ0v) is 13.1. The Labute approximate surface area is 131 Å². The summed E-state index contributed by atoms with van der Waals surface area (Å²) in [5.74, 6) is -1.23. The zero-order valence-electron chi connectivity index (χ0n) is 13.1. The van der Waals surface area contributed by atoms with Crippen molar-refractivity contribution < 1.29 is 9.90 Å². The van der Waals surface area contributed by atoms with Crippen LogP contribution in [0.2, 0.25) is 0 Å². The average Bonchev–Trinajstić information content (AvgIpc) is 2.85. The van der Waals surface area contributed by atoms with Crippen LogP contribution in [0, 0.1) is 6.92 Å². The standard InChI is InChI=1S/C16H16N4O3/c1-4-20-8-12(16(22)23)14(21)10-5-6-13(17-15(10)20)11-7-19(3)18-9(11)2/h5-8H,4H2,1-3H3,(H,22,23). The Kier molecular flexibility index (Phi) is 3.48. The molecule has 0 unspecified atom stereocenters. The maximum atomic E-state index is 12.3. The summed E-state index contributed by atoms with van der Waals surface area (Å²) in [6, 6.07) is 3.35. The number of carboxylic acids is 1. The summed E-state index contributed by atoms with van der Waals surface area (Å²) < 4.78 is 3.38. The molecule has 0 aliphatic heterocycles. The van der Waals surface area contributed by atoms with Crippen LogP contribution >= 0.6 is 0 Å². The summed E-state index contributed by atoms with van der Waals surface area (Å²) in [5.41, 5.74) is 2.14. The third kappa shape index (κ3) is 2.40. The molecule has 0 spiro atoms. The van der Waals surface area contributed by atoms with Crippen LogP contribution in [0.1, 0.15) is 23.0 Å². The second kappa shape index (κ2) is 5.35. The lowest BCUT2D eigenvalue weighted by Gasteiger charge is -2.10. The largest absolute Gasteiger partial charge is 0.477 e. The third-order valence-electron chi connectivity index (χ3n) is 3.78. The van der Waals surface area contributed by atoms with Crippen LogP contribution in [0.3, 0.4) is 0 Å². The van der Waals surface area contributed by atoms with Crippen molar-refractivity contribution in [2.24, 2.45) is 7.05 Å². The third-order valence-corrected chi connectivity index (χ3v) is 3.78. The molecule has 1 N–H and O–H groups in total. The second-order valence-electron chi connectivity index (χ2n) is 5.33. The van der Waals surface area contributed by atoms with Crippen LogP contribution in [0.5, 0.6) is 0 Å². The second-order valence-corrected chi connectivity index (χ2v) is 5.33. The Balaban J connectivity index is 2.32. The summed E-state index contributed by atoms with van der Waals surface area (Å²) in [5, 5.41) is 13.8. The molecule has 23 heavy (non-hydrogen) atoms. The molecule has 0 saturated carbocycles. The maximum absolute atomic E-state index is 12.3. The molecule has 3 aromatic heterocycles. The first-order chi connectivity index (χ1) is 10.9. The summed E-state index contributed by atoms with van der Waals surface area (Å²) in [4.78, 5) is 28.1. The molecule has 7 heteroatoms. The number of hydrogen-bond acceptors (Lipinski definition) is 4. The number of fused-ring (bicyclic) bond motifs is 1. The number of aromatic carboxylic acids is 1. The van der Waals surface area contributed by atoms with Gasteiger partial charge in [0.05, 0.1) is 16.8 Å². The molecule has 3 rings (SSSR count). The van der Waals surface area contributed by atoms with E-state index in [9.17, 15) is 14.7 Å². The van der Waals surface area contributed by atoms with E-state index in [2.05, 4.69) is 10.1 Å². The molecule has 0 bridgehead atoms. The van der Waals surface area contributed by atoms with E-state index in [0.717, 1.165) is 11.3 Å². The molecule has 0 atom stereocenters. The van der Waals surface area contributed by atoms with Crippen molar-refractivity contribution >= 4 is 17.0 Å². The topological polar surface area (TPSA) is 90.0 Å². The molecule has 0 aliphatic carbocycles. The zero-order chi connectivity index (χ0) is 16.7. The van der Waals surface area contributed by atoms with Gasteiger partial charge < -0.3 is 9.67 Å². The van der Waals surface area contributed by atoms with Crippen molar-refractivity contribution in [2.45, 2.75) is 20.4 Å². The maximum Gasteiger partial charge on any atom is 0.341 e. The van der Waals surface area contributed by atoms with Gasteiger partial charge in [0, 0.05) is 31.5 Å². The predicted octanol–water partition coefficient (Wildman–Crippen LogP) is 1.82. The van der Waals surface area contributed by atoms with Crippen molar-refractivity contribution in [3.05, 3.63) is 46.0 Å². The van der Waals surface area contributed by atoms with Gasteiger partial charge in [-0.1, -0.05) is 0 Å². The van der Waals surface area contributed by atoms with Crippen LogP contribution in [0.4, 0.5) is 0 Å². The number of rotatable bonds is 3. The van der Waals surface area contributed by atoms with E-state index in [4.69, 9.17) is 0 Å². The van der Waals surface area contributed by atoms with Gasteiger partial charge in [0.15, 0.2) is 0 Å². The Hall–Kier alpha value is -2.96. The van der Waals surface area contributed by atoms with Crippen LogP contribution in [0.15, 0.2) is 29.3 Å². The fourth-order valence-corrected chi connectivity index (χ4v) is 2.66. The van der Waals surface area contributed by atoms with E-state index in [0.29, 0.717) is 23.3 Å². The van der Waals surface area contributed by atoms with Gasteiger partial charge in [-0.2, -0.15) is 5.10 Å². The minimum Gasteiger partial charge on any atom is -0.477 e. The molecule has 7 nitrogen and oxygen atoms in total. The first kappa shape index (κ1) is 15.0. The van der Waals surface area contributed by atoms with E-state index in [-0.39, 0.29) is 5.56 Å². The number of carbonyl (C=O) groups is 1. The van der Waals surface area contributed by atoms with Crippen LogP contribution < -0.4 is 5.43 Å². The smallest absolute Gasteiger partial charge is 0.341 e. The normalized spacial score (nSPS) is 11.1. The summed E-state index contributed by atoms with van der Waals surface area (Å²) in [6.45, 7) is 4.28. The minimum atomic E-state index is -1.23. The fourth-order valence-electron chi connectivity index (χ4n) is 2.66. The lowest BCUT2D eigenvalue weighted by molar-refractivity contribution is 0.0695. The summed E-state index contributed by atoms with van der Waals surface area (Å²) >= 11 is 0. The number of pyridine rings is 2. The van der Waals surface area contributed by atoms with Crippen molar-refractivity contribution in [1.29, 1.82) is 0 Å². The Morgan fingerprint density at radius 2 is 2.04 bits per heavy atom. The first-order valence-electron chi connectivity index (χ1n) is 7.20. The van der Waals surface area contributed by atoms with Gasteiger partial charge in [-0.25, -0.2) is 9.78 Å². The van der Waals surface area contributed by atoms with Gasteiger partial charge in [0.1, 0.15) is 11.2 Å².